The normalized spacial score (nSPS) is 18.1. The molecule has 7 nitrogen and oxygen atoms in total. The van der Waals surface area contributed by atoms with Crippen molar-refractivity contribution in [2.75, 3.05) is 39.3 Å². The number of nitrogens with zero attached hydrogens (tertiary/aromatic N) is 4. The van der Waals surface area contributed by atoms with E-state index in [1.807, 2.05) is 31.4 Å². The van der Waals surface area contributed by atoms with Crippen LogP contribution in [-0.4, -0.2) is 76.6 Å². The molecule has 0 bridgehead atoms. The topological polar surface area (TPSA) is 74.9 Å². The fourth-order valence-corrected chi connectivity index (χ4v) is 3.45. The number of rotatable bonds is 8. The number of aliphatic hydroxyl groups excluding tert-OH is 1. The smallest absolute Gasteiger partial charge is 0.241 e. The fourth-order valence-electron chi connectivity index (χ4n) is 2.80. The summed E-state index contributed by atoms with van der Waals surface area (Å²) in [7, 11) is 0. The quantitative estimate of drug-likeness (QED) is 0.762. The molecule has 0 aliphatic carbocycles. The third kappa shape index (κ3) is 5.58. The molecule has 3 heterocycles. The first-order chi connectivity index (χ1) is 12.1. The van der Waals surface area contributed by atoms with E-state index in [9.17, 15) is 5.11 Å². The second kappa shape index (κ2) is 8.86. The Morgan fingerprint density at radius 2 is 2.04 bits per heavy atom. The molecule has 1 atom stereocenters. The van der Waals surface area contributed by atoms with E-state index in [-0.39, 0.29) is 6.10 Å². The van der Waals surface area contributed by atoms with Crippen LogP contribution < -0.4 is 0 Å². The first-order valence-corrected chi connectivity index (χ1v) is 9.59. The maximum absolute atomic E-state index is 10.0. The Labute approximate surface area is 152 Å². The van der Waals surface area contributed by atoms with Crippen molar-refractivity contribution in [2.24, 2.45) is 0 Å². The summed E-state index contributed by atoms with van der Waals surface area (Å²) >= 11 is 1.61. The Hall–Kier alpha value is -1.32. The minimum Gasteiger partial charge on any atom is -0.389 e. The number of hydrogen-bond donors (Lipinski definition) is 1. The Bertz CT molecular complexity index is 624. The lowest BCUT2D eigenvalue weighted by molar-refractivity contribution is -0.0152. The van der Waals surface area contributed by atoms with E-state index in [0.717, 1.165) is 31.1 Å². The lowest BCUT2D eigenvalue weighted by Crippen LogP contribution is -2.48. The molecule has 3 rings (SSSR count). The van der Waals surface area contributed by atoms with Crippen LogP contribution in [0.25, 0.3) is 10.7 Å². The summed E-state index contributed by atoms with van der Waals surface area (Å²) in [6.45, 7) is 9.37. The third-order valence-electron chi connectivity index (χ3n) is 4.12. The minimum absolute atomic E-state index is 0.153. The van der Waals surface area contributed by atoms with Gasteiger partial charge in [0.15, 0.2) is 0 Å². The van der Waals surface area contributed by atoms with Gasteiger partial charge in [-0.15, -0.1) is 11.3 Å². The Kier molecular flexibility index (Phi) is 6.55. The highest BCUT2D eigenvalue weighted by atomic mass is 32.1. The number of piperazine rings is 1. The molecule has 1 N–H and O–H groups in total. The zero-order valence-corrected chi connectivity index (χ0v) is 15.6. The van der Waals surface area contributed by atoms with Crippen molar-refractivity contribution in [2.45, 2.75) is 32.6 Å². The largest absolute Gasteiger partial charge is 0.389 e. The molecular formula is C17H26N4O3S. The average molecular weight is 366 g/mol. The summed E-state index contributed by atoms with van der Waals surface area (Å²) in [6, 6.07) is 3.97. The van der Waals surface area contributed by atoms with Crippen LogP contribution in [0.1, 0.15) is 19.7 Å². The second-order valence-corrected chi connectivity index (χ2v) is 7.55. The predicted octanol–water partition coefficient (Wildman–Crippen LogP) is 1.70. The van der Waals surface area contributed by atoms with E-state index in [4.69, 9.17) is 9.26 Å². The van der Waals surface area contributed by atoms with Crippen LogP contribution in [0.5, 0.6) is 0 Å². The van der Waals surface area contributed by atoms with Crippen molar-refractivity contribution in [3.8, 4) is 10.7 Å². The van der Waals surface area contributed by atoms with Gasteiger partial charge in [-0.05, 0) is 25.3 Å². The van der Waals surface area contributed by atoms with Crippen LogP contribution in [0.4, 0.5) is 0 Å². The van der Waals surface area contributed by atoms with Gasteiger partial charge in [-0.3, -0.25) is 9.80 Å². The van der Waals surface area contributed by atoms with Gasteiger partial charge in [0.25, 0.3) is 0 Å². The van der Waals surface area contributed by atoms with Crippen LogP contribution in [0.3, 0.4) is 0 Å². The molecular weight excluding hydrogens is 340 g/mol. The van der Waals surface area contributed by atoms with Crippen molar-refractivity contribution in [3.63, 3.8) is 0 Å². The van der Waals surface area contributed by atoms with Crippen LogP contribution >= 0.6 is 11.3 Å². The van der Waals surface area contributed by atoms with Crippen LogP contribution in [0, 0.1) is 0 Å². The molecule has 1 fully saturated rings. The zero-order valence-electron chi connectivity index (χ0n) is 14.8. The molecule has 0 saturated carbocycles. The van der Waals surface area contributed by atoms with E-state index in [1.165, 1.54) is 0 Å². The summed E-state index contributed by atoms with van der Waals surface area (Å²) in [4.78, 5) is 10.1. The molecule has 2 aromatic heterocycles. The van der Waals surface area contributed by atoms with Crippen LogP contribution in [0.2, 0.25) is 0 Å². The first-order valence-electron chi connectivity index (χ1n) is 8.71. The highest BCUT2D eigenvalue weighted by Gasteiger charge is 2.21. The molecule has 138 valence electrons. The minimum atomic E-state index is -0.432. The van der Waals surface area contributed by atoms with E-state index in [1.54, 1.807) is 11.3 Å². The zero-order chi connectivity index (χ0) is 17.6. The standard InChI is InChI=1S/C17H26N4O3S/c1-13(2)23-12-14(22)10-20-5-7-21(8-6-20)11-16-18-17(19-24-16)15-4-3-9-25-15/h3-4,9,13-14,22H,5-8,10-12H2,1-2H3. The number of thiophene rings is 1. The van der Waals surface area contributed by atoms with Gasteiger partial charge in [0.1, 0.15) is 0 Å². The monoisotopic (exact) mass is 366 g/mol. The molecule has 8 heteroatoms. The molecule has 25 heavy (non-hydrogen) atoms. The maximum Gasteiger partial charge on any atom is 0.241 e. The third-order valence-corrected chi connectivity index (χ3v) is 4.99. The Morgan fingerprint density at radius 1 is 1.28 bits per heavy atom. The predicted molar refractivity (Wildman–Crippen MR) is 96.4 cm³/mol. The van der Waals surface area contributed by atoms with Crippen LogP contribution in [-0.2, 0) is 11.3 Å². The van der Waals surface area contributed by atoms with Crippen molar-refractivity contribution < 1.29 is 14.4 Å². The van der Waals surface area contributed by atoms with E-state index >= 15 is 0 Å². The summed E-state index contributed by atoms with van der Waals surface area (Å²) in [6.07, 6.45) is -0.279. The molecule has 1 aliphatic heterocycles. The Balaban J connectivity index is 1.41. The first kappa shape index (κ1) is 18.5. The summed E-state index contributed by atoms with van der Waals surface area (Å²) < 4.78 is 10.8. The number of aliphatic hydroxyl groups is 1. The van der Waals surface area contributed by atoms with Gasteiger partial charge in [0.05, 0.1) is 30.2 Å². The van der Waals surface area contributed by atoms with Crippen molar-refractivity contribution >= 4 is 11.3 Å². The van der Waals surface area contributed by atoms with Gasteiger partial charge < -0.3 is 14.4 Å². The maximum atomic E-state index is 10.0. The number of hydrogen-bond acceptors (Lipinski definition) is 8. The molecule has 0 amide bonds. The van der Waals surface area contributed by atoms with Gasteiger partial charge in [-0.1, -0.05) is 11.2 Å². The van der Waals surface area contributed by atoms with Gasteiger partial charge in [0, 0.05) is 32.7 Å². The average Bonchev–Trinajstić information content (AvgIpc) is 3.26. The van der Waals surface area contributed by atoms with Crippen molar-refractivity contribution in [1.29, 1.82) is 0 Å². The van der Waals surface area contributed by atoms with Gasteiger partial charge in [-0.2, -0.15) is 4.98 Å². The number of ether oxygens (including phenoxy) is 1. The van der Waals surface area contributed by atoms with Gasteiger partial charge in [-0.25, -0.2) is 0 Å². The fraction of sp³-hybridized carbons (Fsp3) is 0.647. The summed E-state index contributed by atoms with van der Waals surface area (Å²) in [5.41, 5.74) is 0. The SMILES string of the molecule is CC(C)OCC(O)CN1CCN(Cc2nc(-c3cccs3)no2)CC1. The second-order valence-electron chi connectivity index (χ2n) is 6.60. The molecule has 2 aromatic rings. The highest BCUT2D eigenvalue weighted by molar-refractivity contribution is 7.13. The number of aromatic nitrogens is 2. The molecule has 0 radical (unpaired) electrons. The van der Waals surface area contributed by atoms with Gasteiger partial charge >= 0.3 is 0 Å². The Morgan fingerprint density at radius 3 is 2.72 bits per heavy atom. The molecule has 0 spiro atoms. The summed E-state index contributed by atoms with van der Waals surface area (Å²) in [5.74, 6) is 1.32. The lowest BCUT2D eigenvalue weighted by Gasteiger charge is -2.34. The molecule has 0 aromatic carbocycles. The van der Waals surface area contributed by atoms with Crippen LogP contribution in [0.15, 0.2) is 22.0 Å². The van der Waals surface area contributed by atoms with Crippen molar-refractivity contribution in [3.05, 3.63) is 23.4 Å². The van der Waals surface area contributed by atoms with Gasteiger partial charge in [0.2, 0.25) is 11.7 Å². The van der Waals surface area contributed by atoms with E-state index < -0.39 is 6.10 Å². The van der Waals surface area contributed by atoms with E-state index in [2.05, 4.69) is 19.9 Å². The highest BCUT2D eigenvalue weighted by Crippen LogP contribution is 2.21. The van der Waals surface area contributed by atoms with Crippen molar-refractivity contribution in [1.82, 2.24) is 19.9 Å². The summed E-state index contributed by atoms with van der Waals surface area (Å²) in [5, 5.41) is 16.1. The lowest BCUT2D eigenvalue weighted by atomic mass is 10.2. The molecule has 1 unspecified atom stereocenters. The molecule has 1 saturated heterocycles. The molecule has 1 aliphatic rings. The number of β-amino-alcohol motifs (C(OH)–C–C–N with tert-alkyl or cyclic N) is 1. The van der Waals surface area contributed by atoms with E-state index in [0.29, 0.717) is 31.4 Å².